The van der Waals surface area contributed by atoms with Gasteiger partial charge in [-0.3, -0.25) is 4.79 Å². The van der Waals surface area contributed by atoms with Crippen LogP contribution < -0.4 is 9.47 Å². The molecule has 3 aromatic rings. The van der Waals surface area contributed by atoms with E-state index in [1.54, 1.807) is 29.5 Å². The molecule has 2 heterocycles. The van der Waals surface area contributed by atoms with Crippen LogP contribution in [0.15, 0.2) is 36.4 Å². The second-order valence-corrected chi connectivity index (χ2v) is 8.58. The fraction of sp³-hybridized carbons (Fsp3) is 0.318. The van der Waals surface area contributed by atoms with Gasteiger partial charge in [-0.15, -0.1) is 11.3 Å². The minimum Gasteiger partial charge on any atom is -0.493 e. The van der Waals surface area contributed by atoms with E-state index in [2.05, 4.69) is 6.07 Å². The lowest BCUT2D eigenvalue weighted by Gasteiger charge is -2.31. The summed E-state index contributed by atoms with van der Waals surface area (Å²) < 4.78 is 12.0. The van der Waals surface area contributed by atoms with Crippen LogP contribution >= 0.6 is 22.9 Å². The summed E-state index contributed by atoms with van der Waals surface area (Å²) in [7, 11) is 1.51. The van der Waals surface area contributed by atoms with Crippen molar-refractivity contribution in [3.05, 3.63) is 52.0 Å². The highest BCUT2D eigenvalue weighted by atomic mass is 35.5. The summed E-state index contributed by atoms with van der Waals surface area (Å²) in [4.78, 5) is 19.2. The van der Waals surface area contributed by atoms with Gasteiger partial charge < -0.3 is 14.4 Å². The van der Waals surface area contributed by atoms with Gasteiger partial charge in [0.15, 0.2) is 18.1 Å². The summed E-state index contributed by atoms with van der Waals surface area (Å²) in [5.74, 6) is 1.19. The van der Waals surface area contributed by atoms with E-state index in [4.69, 9.17) is 31.3 Å². The molecule has 0 unspecified atom stereocenters. The Morgan fingerprint density at radius 2 is 2.07 bits per heavy atom. The molecule has 0 aliphatic carbocycles. The fourth-order valence-corrected chi connectivity index (χ4v) is 4.84. The molecule has 4 rings (SSSR count). The fourth-order valence-electron chi connectivity index (χ4n) is 3.56. The Bertz CT molecular complexity index is 1120. The highest BCUT2D eigenvalue weighted by Crippen LogP contribution is 2.35. The Labute approximate surface area is 183 Å². The Morgan fingerprint density at radius 1 is 1.27 bits per heavy atom. The number of hydrogen-bond donors (Lipinski definition) is 0. The Kier molecular flexibility index (Phi) is 6.07. The number of fused-ring (bicyclic) bond motifs is 1. The van der Waals surface area contributed by atoms with E-state index in [0.717, 1.165) is 28.1 Å². The second kappa shape index (κ2) is 8.90. The van der Waals surface area contributed by atoms with Gasteiger partial charge in [-0.1, -0.05) is 11.6 Å². The molecule has 0 bridgehead atoms. The zero-order valence-electron chi connectivity index (χ0n) is 16.4. The summed E-state index contributed by atoms with van der Waals surface area (Å²) >= 11 is 7.76. The number of benzene rings is 2. The molecule has 0 spiro atoms. The number of halogens is 1. The van der Waals surface area contributed by atoms with Crippen molar-refractivity contribution in [1.82, 2.24) is 9.88 Å². The van der Waals surface area contributed by atoms with Crippen LogP contribution in [-0.4, -0.2) is 42.6 Å². The average Bonchev–Trinajstić information content (AvgIpc) is 3.20. The van der Waals surface area contributed by atoms with Crippen LogP contribution in [0.25, 0.3) is 10.2 Å². The van der Waals surface area contributed by atoms with Crippen LogP contribution in [0.2, 0.25) is 5.02 Å². The van der Waals surface area contributed by atoms with Gasteiger partial charge in [-0.25, -0.2) is 4.98 Å². The molecule has 1 aromatic heterocycles. The lowest BCUT2D eigenvalue weighted by atomic mass is 9.97. The lowest BCUT2D eigenvalue weighted by molar-refractivity contribution is -0.134. The van der Waals surface area contributed by atoms with Crippen LogP contribution in [0.3, 0.4) is 0 Å². The third-order valence-electron chi connectivity index (χ3n) is 5.21. The summed E-state index contributed by atoms with van der Waals surface area (Å²) in [6.45, 7) is 1.29. The molecule has 6 nitrogen and oxygen atoms in total. The first-order chi connectivity index (χ1) is 14.6. The van der Waals surface area contributed by atoms with Crippen LogP contribution in [0.1, 0.15) is 29.3 Å². The van der Waals surface area contributed by atoms with Crippen LogP contribution in [0.5, 0.6) is 11.5 Å². The number of carbonyl (C=O) groups excluding carboxylic acids is 1. The largest absolute Gasteiger partial charge is 0.493 e. The van der Waals surface area contributed by atoms with Crippen molar-refractivity contribution in [2.45, 2.75) is 18.8 Å². The molecule has 30 heavy (non-hydrogen) atoms. The maximum absolute atomic E-state index is 12.6. The van der Waals surface area contributed by atoms with Gasteiger partial charge in [0.1, 0.15) is 0 Å². The molecule has 1 fully saturated rings. The van der Waals surface area contributed by atoms with Crippen molar-refractivity contribution in [3.63, 3.8) is 0 Å². The van der Waals surface area contributed by atoms with Gasteiger partial charge in [-0.2, -0.15) is 5.26 Å². The number of likely N-dealkylation sites (tertiary alicyclic amines) is 1. The number of ether oxygens (including phenoxy) is 2. The topological polar surface area (TPSA) is 75.5 Å². The number of methoxy groups -OCH3 is 1. The van der Waals surface area contributed by atoms with E-state index in [-0.39, 0.29) is 12.5 Å². The van der Waals surface area contributed by atoms with Crippen LogP contribution in [-0.2, 0) is 4.79 Å². The molecule has 8 heteroatoms. The number of hydrogen-bond acceptors (Lipinski definition) is 6. The number of amides is 1. The third kappa shape index (κ3) is 4.35. The number of nitriles is 1. The first-order valence-electron chi connectivity index (χ1n) is 9.62. The van der Waals surface area contributed by atoms with Gasteiger partial charge in [-0.05, 0) is 43.2 Å². The highest BCUT2D eigenvalue weighted by molar-refractivity contribution is 7.18. The minimum atomic E-state index is -0.0629. The highest BCUT2D eigenvalue weighted by Gasteiger charge is 2.26. The van der Waals surface area contributed by atoms with E-state index in [1.165, 1.54) is 7.11 Å². The third-order valence-corrected chi connectivity index (χ3v) is 6.64. The van der Waals surface area contributed by atoms with Gasteiger partial charge in [0.25, 0.3) is 5.91 Å². The molecule has 0 radical (unpaired) electrons. The number of nitrogens with zero attached hydrogens (tertiary/aromatic N) is 3. The first kappa shape index (κ1) is 20.5. The van der Waals surface area contributed by atoms with E-state index < -0.39 is 0 Å². The van der Waals surface area contributed by atoms with Crippen molar-refractivity contribution in [2.24, 2.45) is 0 Å². The standard InChI is InChI=1S/C22H20ClN3O3S/c1-28-19-10-14(12-24)2-4-18(19)29-13-21(27)26-8-6-15(7-9-26)22-25-17-11-16(23)3-5-20(17)30-22/h2-5,10-11,15H,6-9,13H2,1H3. The van der Waals surface area contributed by atoms with E-state index >= 15 is 0 Å². The second-order valence-electron chi connectivity index (χ2n) is 7.09. The van der Waals surface area contributed by atoms with Gasteiger partial charge in [0, 0.05) is 30.1 Å². The van der Waals surface area contributed by atoms with Crippen molar-refractivity contribution in [1.29, 1.82) is 5.26 Å². The Morgan fingerprint density at radius 3 is 2.80 bits per heavy atom. The van der Waals surface area contributed by atoms with E-state index in [9.17, 15) is 4.79 Å². The number of aromatic nitrogens is 1. The first-order valence-corrected chi connectivity index (χ1v) is 10.8. The maximum Gasteiger partial charge on any atom is 0.260 e. The van der Waals surface area contributed by atoms with E-state index in [0.29, 0.717) is 41.1 Å². The average molecular weight is 442 g/mol. The lowest BCUT2D eigenvalue weighted by Crippen LogP contribution is -2.40. The van der Waals surface area contributed by atoms with Gasteiger partial charge in [0.2, 0.25) is 0 Å². The zero-order valence-corrected chi connectivity index (χ0v) is 18.0. The number of rotatable bonds is 5. The molecule has 0 N–H and O–H groups in total. The number of piperidine rings is 1. The molecule has 0 saturated carbocycles. The van der Waals surface area contributed by atoms with Crippen LogP contribution in [0, 0.1) is 11.3 Å². The quantitative estimate of drug-likeness (QED) is 0.577. The SMILES string of the molecule is COc1cc(C#N)ccc1OCC(=O)N1CCC(c2nc3cc(Cl)ccc3s2)CC1. The molecule has 2 aromatic carbocycles. The molecule has 1 saturated heterocycles. The Balaban J connectivity index is 1.33. The van der Waals surface area contributed by atoms with Crippen molar-refractivity contribution in [2.75, 3.05) is 26.8 Å². The minimum absolute atomic E-state index is 0.0593. The Hall–Kier alpha value is -2.82. The number of carbonyl (C=O) groups is 1. The van der Waals surface area contributed by atoms with Gasteiger partial charge >= 0.3 is 0 Å². The molecule has 1 aliphatic rings. The summed E-state index contributed by atoms with van der Waals surface area (Å²) in [6, 6.07) is 12.7. The van der Waals surface area contributed by atoms with Crippen LogP contribution in [0.4, 0.5) is 0 Å². The van der Waals surface area contributed by atoms with Crippen molar-refractivity contribution in [3.8, 4) is 17.6 Å². The molecule has 0 atom stereocenters. The molecule has 154 valence electrons. The van der Waals surface area contributed by atoms with Gasteiger partial charge in [0.05, 0.1) is 34.0 Å². The normalized spacial score (nSPS) is 14.5. The number of thiazole rings is 1. The molecule has 1 aliphatic heterocycles. The predicted octanol–water partition coefficient (Wildman–Crippen LogP) is 4.61. The molecular formula is C22H20ClN3O3S. The molecule has 1 amide bonds. The summed E-state index contributed by atoms with van der Waals surface area (Å²) in [5, 5.41) is 10.8. The predicted molar refractivity (Wildman–Crippen MR) is 116 cm³/mol. The monoisotopic (exact) mass is 441 g/mol. The molecular weight excluding hydrogens is 422 g/mol. The van der Waals surface area contributed by atoms with Crippen molar-refractivity contribution < 1.29 is 14.3 Å². The summed E-state index contributed by atoms with van der Waals surface area (Å²) in [6.07, 6.45) is 1.75. The zero-order chi connectivity index (χ0) is 21.1. The maximum atomic E-state index is 12.6. The van der Waals surface area contributed by atoms with Crippen molar-refractivity contribution >= 4 is 39.1 Å². The summed E-state index contributed by atoms with van der Waals surface area (Å²) in [5.41, 5.74) is 1.41. The smallest absolute Gasteiger partial charge is 0.260 e. The van der Waals surface area contributed by atoms with E-state index in [1.807, 2.05) is 23.1 Å².